The SMILES string of the molecule is COc1cc2c(cc1OC)CN(CC(=O)Nc1ccc(Cl)c([N+](=O)[O-])c1)CC2. The van der Waals surface area contributed by atoms with Gasteiger partial charge in [0.2, 0.25) is 5.91 Å². The van der Waals surface area contributed by atoms with E-state index in [-0.39, 0.29) is 23.2 Å². The van der Waals surface area contributed by atoms with Gasteiger partial charge in [0, 0.05) is 24.8 Å². The van der Waals surface area contributed by atoms with E-state index in [1.807, 2.05) is 17.0 Å². The molecule has 1 aliphatic heterocycles. The summed E-state index contributed by atoms with van der Waals surface area (Å²) in [5.74, 6) is 1.10. The Morgan fingerprint density at radius 3 is 2.54 bits per heavy atom. The number of hydrogen-bond donors (Lipinski definition) is 1. The molecule has 9 heteroatoms. The van der Waals surface area contributed by atoms with Crippen LogP contribution in [0.25, 0.3) is 0 Å². The Hall–Kier alpha value is -2.84. The molecule has 0 radical (unpaired) electrons. The number of nitrogens with one attached hydrogen (secondary N) is 1. The zero-order valence-corrected chi connectivity index (χ0v) is 16.3. The standard InChI is InChI=1S/C19H20ClN3O5/c1-27-17-7-12-5-6-22(10-13(12)8-18(17)28-2)11-19(24)21-14-3-4-15(20)16(9-14)23(25)26/h3-4,7-9H,5-6,10-11H2,1-2H3,(H,21,24). The van der Waals surface area contributed by atoms with Gasteiger partial charge >= 0.3 is 0 Å². The number of rotatable bonds is 6. The van der Waals surface area contributed by atoms with Crippen molar-refractivity contribution in [3.63, 3.8) is 0 Å². The van der Waals surface area contributed by atoms with Gasteiger partial charge in [-0.1, -0.05) is 11.6 Å². The molecule has 1 amide bonds. The van der Waals surface area contributed by atoms with E-state index in [0.29, 0.717) is 23.7 Å². The largest absolute Gasteiger partial charge is 0.493 e. The molecular weight excluding hydrogens is 386 g/mol. The summed E-state index contributed by atoms with van der Waals surface area (Å²) in [7, 11) is 3.19. The van der Waals surface area contributed by atoms with Crippen LogP contribution in [0.15, 0.2) is 30.3 Å². The summed E-state index contributed by atoms with van der Waals surface area (Å²) >= 11 is 5.80. The van der Waals surface area contributed by atoms with Crippen LogP contribution in [0.3, 0.4) is 0 Å². The summed E-state index contributed by atoms with van der Waals surface area (Å²) in [6.07, 6.45) is 0.787. The van der Waals surface area contributed by atoms with Crippen molar-refractivity contribution in [2.24, 2.45) is 0 Å². The first kappa shape index (κ1) is 19.9. The molecule has 0 spiro atoms. The molecule has 8 nitrogen and oxygen atoms in total. The quantitative estimate of drug-likeness (QED) is 0.585. The van der Waals surface area contributed by atoms with E-state index in [2.05, 4.69) is 5.32 Å². The third-order valence-electron chi connectivity index (χ3n) is 4.59. The number of methoxy groups -OCH3 is 2. The van der Waals surface area contributed by atoms with Crippen LogP contribution in [0.5, 0.6) is 11.5 Å². The maximum Gasteiger partial charge on any atom is 0.289 e. The summed E-state index contributed by atoms with van der Waals surface area (Å²) in [6, 6.07) is 8.09. The Balaban J connectivity index is 1.66. The highest BCUT2D eigenvalue weighted by Crippen LogP contribution is 2.33. The predicted octanol–water partition coefficient (Wildman–Crippen LogP) is 3.26. The zero-order valence-electron chi connectivity index (χ0n) is 15.5. The molecule has 28 heavy (non-hydrogen) atoms. The van der Waals surface area contributed by atoms with Gasteiger partial charge in [0.05, 0.1) is 25.7 Å². The molecule has 0 fully saturated rings. The van der Waals surface area contributed by atoms with Crippen molar-refractivity contribution in [2.75, 3.05) is 32.6 Å². The van der Waals surface area contributed by atoms with E-state index in [1.165, 1.54) is 23.8 Å². The number of nitrogens with zero attached hydrogens (tertiary/aromatic N) is 2. The fraction of sp³-hybridized carbons (Fsp3) is 0.316. The molecule has 0 atom stereocenters. The smallest absolute Gasteiger partial charge is 0.289 e. The minimum atomic E-state index is -0.582. The molecule has 148 valence electrons. The minimum absolute atomic E-state index is 0.0278. The number of halogens is 1. The average Bonchev–Trinajstić information content (AvgIpc) is 2.68. The maximum atomic E-state index is 12.4. The van der Waals surface area contributed by atoms with Gasteiger partial charge in [-0.15, -0.1) is 0 Å². The van der Waals surface area contributed by atoms with Crippen LogP contribution >= 0.6 is 11.6 Å². The first-order valence-electron chi connectivity index (χ1n) is 8.61. The molecule has 1 N–H and O–H groups in total. The molecule has 3 rings (SSSR count). The normalized spacial score (nSPS) is 13.5. The van der Waals surface area contributed by atoms with Gasteiger partial charge in [0.15, 0.2) is 11.5 Å². The van der Waals surface area contributed by atoms with Crippen LogP contribution < -0.4 is 14.8 Å². The van der Waals surface area contributed by atoms with E-state index < -0.39 is 4.92 Å². The van der Waals surface area contributed by atoms with Crippen molar-refractivity contribution in [3.8, 4) is 11.5 Å². The second kappa shape index (κ2) is 8.45. The number of hydrogen-bond acceptors (Lipinski definition) is 6. The predicted molar refractivity (Wildman–Crippen MR) is 105 cm³/mol. The molecular formula is C19H20ClN3O5. The van der Waals surface area contributed by atoms with Crippen molar-refractivity contribution in [3.05, 3.63) is 56.6 Å². The second-order valence-corrected chi connectivity index (χ2v) is 6.82. The van der Waals surface area contributed by atoms with E-state index in [9.17, 15) is 14.9 Å². The van der Waals surface area contributed by atoms with Crippen molar-refractivity contribution in [1.29, 1.82) is 0 Å². The highest BCUT2D eigenvalue weighted by Gasteiger charge is 2.21. The number of fused-ring (bicyclic) bond motifs is 1. The molecule has 0 bridgehead atoms. The highest BCUT2D eigenvalue weighted by atomic mass is 35.5. The molecule has 1 heterocycles. The van der Waals surface area contributed by atoms with E-state index in [0.717, 1.165) is 18.5 Å². The second-order valence-electron chi connectivity index (χ2n) is 6.41. The van der Waals surface area contributed by atoms with Crippen molar-refractivity contribution in [2.45, 2.75) is 13.0 Å². The van der Waals surface area contributed by atoms with Gasteiger partial charge < -0.3 is 14.8 Å². The number of benzene rings is 2. The van der Waals surface area contributed by atoms with E-state index in [4.69, 9.17) is 21.1 Å². The first-order chi connectivity index (χ1) is 13.4. The molecule has 1 aliphatic rings. The lowest BCUT2D eigenvalue weighted by Gasteiger charge is -2.29. The Kier molecular flexibility index (Phi) is 6.01. The Bertz CT molecular complexity index is 919. The lowest BCUT2D eigenvalue weighted by molar-refractivity contribution is -0.384. The summed E-state index contributed by atoms with van der Waals surface area (Å²) in [5.41, 5.74) is 2.35. The van der Waals surface area contributed by atoms with Crippen molar-refractivity contribution >= 4 is 28.9 Å². The topological polar surface area (TPSA) is 93.9 Å². The zero-order chi connectivity index (χ0) is 20.3. The lowest BCUT2D eigenvalue weighted by atomic mass is 9.99. The number of carbonyl (C=O) groups is 1. The van der Waals surface area contributed by atoms with Gasteiger partial charge in [-0.3, -0.25) is 19.8 Å². The average molecular weight is 406 g/mol. The Morgan fingerprint density at radius 2 is 1.89 bits per heavy atom. The summed E-state index contributed by atoms with van der Waals surface area (Å²) in [4.78, 5) is 24.8. The van der Waals surface area contributed by atoms with Crippen LogP contribution in [-0.2, 0) is 17.8 Å². The van der Waals surface area contributed by atoms with Crippen LogP contribution in [0, 0.1) is 10.1 Å². The van der Waals surface area contributed by atoms with E-state index in [1.54, 1.807) is 14.2 Å². The molecule has 0 aromatic heterocycles. The lowest BCUT2D eigenvalue weighted by Crippen LogP contribution is -2.37. The molecule has 0 unspecified atom stereocenters. The molecule has 0 saturated heterocycles. The number of nitro groups is 1. The fourth-order valence-corrected chi connectivity index (χ4v) is 3.40. The van der Waals surface area contributed by atoms with Gasteiger partial charge in [-0.2, -0.15) is 0 Å². The maximum absolute atomic E-state index is 12.4. The van der Waals surface area contributed by atoms with Crippen LogP contribution in [0.1, 0.15) is 11.1 Å². The van der Waals surface area contributed by atoms with E-state index >= 15 is 0 Å². The van der Waals surface area contributed by atoms with Crippen LogP contribution in [-0.4, -0.2) is 43.0 Å². The number of nitro benzene ring substituents is 1. The molecule has 2 aromatic carbocycles. The number of carbonyl (C=O) groups excluding carboxylic acids is 1. The molecule has 2 aromatic rings. The molecule has 0 aliphatic carbocycles. The van der Waals surface area contributed by atoms with Gasteiger partial charge in [-0.05, 0) is 41.8 Å². The number of anilines is 1. The van der Waals surface area contributed by atoms with Gasteiger partial charge in [0.1, 0.15) is 5.02 Å². The van der Waals surface area contributed by atoms with Gasteiger partial charge in [-0.25, -0.2) is 0 Å². The van der Waals surface area contributed by atoms with Gasteiger partial charge in [0.25, 0.3) is 5.69 Å². The third kappa shape index (κ3) is 4.35. The van der Waals surface area contributed by atoms with Crippen LogP contribution in [0.4, 0.5) is 11.4 Å². The summed E-state index contributed by atoms with van der Waals surface area (Å²) in [5, 5.41) is 13.7. The highest BCUT2D eigenvalue weighted by molar-refractivity contribution is 6.32. The molecule has 0 saturated carbocycles. The fourth-order valence-electron chi connectivity index (χ4n) is 3.21. The van der Waals surface area contributed by atoms with Crippen molar-refractivity contribution in [1.82, 2.24) is 4.90 Å². The van der Waals surface area contributed by atoms with Crippen LogP contribution in [0.2, 0.25) is 5.02 Å². The third-order valence-corrected chi connectivity index (χ3v) is 4.91. The summed E-state index contributed by atoms with van der Waals surface area (Å²) in [6.45, 7) is 1.49. The monoisotopic (exact) mass is 405 g/mol. The number of amides is 1. The van der Waals surface area contributed by atoms with Crippen molar-refractivity contribution < 1.29 is 19.2 Å². The summed E-state index contributed by atoms with van der Waals surface area (Å²) < 4.78 is 10.7. The Labute approximate surface area is 167 Å². The minimum Gasteiger partial charge on any atom is -0.493 e. The number of ether oxygens (including phenoxy) is 2. The first-order valence-corrected chi connectivity index (χ1v) is 8.99. The Morgan fingerprint density at radius 1 is 1.21 bits per heavy atom.